The van der Waals surface area contributed by atoms with Crippen LogP contribution in [0, 0.1) is 0 Å². The molecule has 2 heterocycles. The molecular weight excluding hydrogens is 490 g/mol. The molecule has 192 valence electrons. The fourth-order valence-corrected chi connectivity index (χ4v) is 4.30. The van der Waals surface area contributed by atoms with Crippen LogP contribution in [0.4, 0.5) is 11.6 Å². The van der Waals surface area contributed by atoms with E-state index in [4.69, 9.17) is 11.6 Å². The summed E-state index contributed by atoms with van der Waals surface area (Å²) in [5.74, 6) is 0.145. The minimum Gasteiger partial charge on any atom is -0.351 e. The Kier molecular flexibility index (Phi) is 8.81. The highest BCUT2D eigenvalue weighted by molar-refractivity contribution is 6.32. The number of aromatic nitrogens is 3. The number of rotatable bonds is 9. The van der Waals surface area contributed by atoms with E-state index in [0.29, 0.717) is 34.5 Å². The molecule has 0 unspecified atom stereocenters. The van der Waals surface area contributed by atoms with Gasteiger partial charge in [-0.25, -0.2) is 9.97 Å². The Hall–Kier alpha value is -3.82. The predicted octanol–water partition coefficient (Wildman–Crippen LogP) is 4.01. The van der Waals surface area contributed by atoms with Crippen LogP contribution < -0.4 is 16.0 Å². The van der Waals surface area contributed by atoms with E-state index in [1.54, 1.807) is 48.9 Å². The second-order valence-electron chi connectivity index (χ2n) is 9.19. The lowest BCUT2D eigenvalue weighted by Crippen LogP contribution is -2.34. The van der Waals surface area contributed by atoms with Crippen molar-refractivity contribution in [2.24, 2.45) is 0 Å². The summed E-state index contributed by atoms with van der Waals surface area (Å²) in [6, 6.07) is 10.8. The van der Waals surface area contributed by atoms with Gasteiger partial charge in [-0.2, -0.15) is 0 Å². The third-order valence-corrected chi connectivity index (χ3v) is 6.21. The van der Waals surface area contributed by atoms with Gasteiger partial charge in [-0.15, -0.1) is 0 Å². The van der Waals surface area contributed by atoms with E-state index in [2.05, 4.69) is 30.9 Å². The zero-order valence-electron chi connectivity index (χ0n) is 20.8. The van der Waals surface area contributed by atoms with Crippen LogP contribution >= 0.6 is 11.6 Å². The molecule has 0 aliphatic heterocycles. The van der Waals surface area contributed by atoms with Gasteiger partial charge in [-0.1, -0.05) is 17.7 Å². The first kappa shape index (κ1) is 26.2. The largest absolute Gasteiger partial charge is 0.351 e. The van der Waals surface area contributed by atoms with Crippen molar-refractivity contribution in [2.45, 2.75) is 31.3 Å². The maximum absolute atomic E-state index is 12.8. The maximum atomic E-state index is 12.8. The SMILES string of the molecule is CN(C)CC=CC(=O)Nc1ccc(C(=O)N[C@@H]2CC[C@H](Nc3ncc(Cl)c(-c4cccnc4)n3)C2)cc1. The second kappa shape index (κ2) is 12.4. The molecule has 9 nitrogen and oxygen atoms in total. The molecule has 1 saturated carbocycles. The van der Waals surface area contributed by atoms with E-state index in [1.807, 2.05) is 31.1 Å². The van der Waals surface area contributed by atoms with Crippen LogP contribution in [0.3, 0.4) is 0 Å². The first-order chi connectivity index (χ1) is 17.9. The number of likely N-dealkylation sites (N-methyl/N-ethyl adjacent to an activating group) is 1. The zero-order chi connectivity index (χ0) is 26.2. The minimum absolute atomic E-state index is 0.0382. The van der Waals surface area contributed by atoms with Crippen LogP contribution in [0.2, 0.25) is 5.02 Å². The lowest BCUT2D eigenvalue weighted by molar-refractivity contribution is -0.111. The van der Waals surface area contributed by atoms with Gasteiger partial charge in [0.15, 0.2) is 0 Å². The predicted molar refractivity (Wildman–Crippen MR) is 146 cm³/mol. The molecule has 0 spiro atoms. The monoisotopic (exact) mass is 519 g/mol. The summed E-state index contributed by atoms with van der Waals surface area (Å²) in [6.07, 6.45) is 10.8. The van der Waals surface area contributed by atoms with E-state index >= 15 is 0 Å². The van der Waals surface area contributed by atoms with Gasteiger partial charge in [-0.3, -0.25) is 14.6 Å². The number of hydrogen-bond acceptors (Lipinski definition) is 7. The summed E-state index contributed by atoms with van der Waals surface area (Å²) in [4.78, 5) is 39.7. The van der Waals surface area contributed by atoms with Crippen LogP contribution in [-0.2, 0) is 4.79 Å². The van der Waals surface area contributed by atoms with Crippen LogP contribution in [0.15, 0.2) is 67.1 Å². The Labute approximate surface area is 221 Å². The number of carbonyl (C=O) groups excluding carboxylic acids is 2. The first-order valence-electron chi connectivity index (χ1n) is 12.1. The zero-order valence-corrected chi connectivity index (χ0v) is 21.6. The number of pyridine rings is 1. The van der Waals surface area contributed by atoms with Gasteiger partial charge >= 0.3 is 0 Å². The normalized spacial score (nSPS) is 17.2. The van der Waals surface area contributed by atoms with E-state index < -0.39 is 0 Å². The molecule has 0 bridgehead atoms. The van der Waals surface area contributed by atoms with Gasteiger partial charge in [0.1, 0.15) is 0 Å². The van der Waals surface area contributed by atoms with Crippen LogP contribution in [-0.4, -0.2) is 64.4 Å². The lowest BCUT2D eigenvalue weighted by atomic mass is 10.1. The van der Waals surface area contributed by atoms with E-state index in [9.17, 15) is 9.59 Å². The number of anilines is 2. The van der Waals surface area contributed by atoms with Crippen molar-refractivity contribution in [2.75, 3.05) is 31.3 Å². The third-order valence-electron chi connectivity index (χ3n) is 5.93. The van der Waals surface area contributed by atoms with Crippen molar-refractivity contribution in [1.29, 1.82) is 0 Å². The molecule has 37 heavy (non-hydrogen) atoms. The first-order valence-corrected chi connectivity index (χ1v) is 12.5. The Morgan fingerprint density at radius 3 is 2.62 bits per heavy atom. The highest BCUT2D eigenvalue weighted by atomic mass is 35.5. The van der Waals surface area contributed by atoms with Gasteiger partial charge in [0, 0.05) is 53.9 Å². The molecule has 2 aromatic heterocycles. The Bertz CT molecular complexity index is 1250. The van der Waals surface area contributed by atoms with Gasteiger partial charge < -0.3 is 20.9 Å². The highest BCUT2D eigenvalue weighted by Crippen LogP contribution is 2.27. The summed E-state index contributed by atoms with van der Waals surface area (Å²) >= 11 is 6.30. The Morgan fingerprint density at radius 1 is 1.11 bits per heavy atom. The molecule has 3 N–H and O–H groups in total. The van der Waals surface area contributed by atoms with Gasteiger partial charge in [0.25, 0.3) is 5.91 Å². The molecule has 0 saturated heterocycles. The number of halogens is 1. The second-order valence-corrected chi connectivity index (χ2v) is 9.59. The van der Waals surface area contributed by atoms with E-state index in [1.165, 1.54) is 6.08 Å². The lowest BCUT2D eigenvalue weighted by Gasteiger charge is -2.15. The smallest absolute Gasteiger partial charge is 0.251 e. The van der Waals surface area contributed by atoms with Gasteiger partial charge in [0.05, 0.1) is 16.9 Å². The Morgan fingerprint density at radius 2 is 1.89 bits per heavy atom. The number of hydrogen-bond donors (Lipinski definition) is 3. The summed E-state index contributed by atoms with van der Waals surface area (Å²) in [5.41, 5.74) is 2.62. The quantitative estimate of drug-likeness (QED) is 0.366. The molecule has 1 aliphatic rings. The molecule has 1 aromatic carbocycles. The van der Waals surface area contributed by atoms with Crippen molar-refractivity contribution in [1.82, 2.24) is 25.2 Å². The highest BCUT2D eigenvalue weighted by Gasteiger charge is 2.27. The molecule has 1 aliphatic carbocycles. The molecule has 2 atom stereocenters. The fourth-order valence-electron chi connectivity index (χ4n) is 4.10. The average Bonchev–Trinajstić information content (AvgIpc) is 3.32. The number of benzene rings is 1. The van der Waals surface area contributed by atoms with E-state index in [-0.39, 0.29) is 23.9 Å². The minimum atomic E-state index is -0.208. The molecule has 3 aromatic rings. The van der Waals surface area contributed by atoms with Gasteiger partial charge in [0.2, 0.25) is 11.9 Å². The Balaban J connectivity index is 1.28. The van der Waals surface area contributed by atoms with Crippen molar-refractivity contribution in [3.63, 3.8) is 0 Å². The number of nitrogens with one attached hydrogen (secondary N) is 3. The molecule has 0 radical (unpaired) electrons. The summed E-state index contributed by atoms with van der Waals surface area (Å²) in [7, 11) is 3.87. The number of amides is 2. The van der Waals surface area contributed by atoms with E-state index in [0.717, 1.165) is 24.8 Å². The van der Waals surface area contributed by atoms with Crippen LogP contribution in [0.25, 0.3) is 11.3 Å². The average molecular weight is 520 g/mol. The van der Waals surface area contributed by atoms with Gasteiger partial charge in [-0.05, 0) is 69.8 Å². The standard InChI is InChI=1S/C27H30ClN7O2/c1-35(2)14-4-6-24(36)31-20-9-7-18(8-10-20)26(37)32-21-11-12-22(15-21)33-27-30-17-23(28)25(34-27)19-5-3-13-29-16-19/h3-10,13,16-17,21-22H,11-12,14-15H2,1-2H3,(H,31,36)(H,32,37)(H,30,33,34)/t21-,22+/m1/s1. The van der Waals surface area contributed by atoms with Crippen molar-refractivity contribution < 1.29 is 9.59 Å². The topological polar surface area (TPSA) is 112 Å². The molecule has 1 fully saturated rings. The summed E-state index contributed by atoms with van der Waals surface area (Å²) < 4.78 is 0. The molecule has 2 amide bonds. The maximum Gasteiger partial charge on any atom is 0.251 e. The summed E-state index contributed by atoms with van der Waals surface area (Å²) in [6.45, 7) is 0.684. The summed E-state index contributed by atoms with van der Waals surface area (Å²) in [5, 5.41) is 9.72. The molecular formula is C27H30ClN7O2. The number of nitrogens with zero attached hydrogens (tertiary/aromatic N) is 4. The molecule has 4 rings (SSSR count). The fraction of sp³-hybridized carbons (Fsp3) is 0.296. The number of carbonyl (C=O) groups is 2. The molecule has 10 heteroatoms. The third kappa shape index (κ3) is 7.58. The van der Waals surface area contributed by atoms with Crippen LogP contribution in [0.1, 0.15) is 29.6 Å². The van der Waals surface area contributed by atoms with Crippen molar-refractivity contribution >= 4 is 35.1 Å². The van der Waals surface area contributed by atoms with Crippen LogP contribution in [0.5, 0.6) is 0 Å². The van der Waals surface area contributed by atoms with Crippen molar-refractivity contribution in [3.8, 4) is 11.3 Å². The van der Waals surface area contributed by atoms with Crippen molar-refractivity contribution in [3.05, 3.63) is 77.7 Å².